The van der Waals surface area contributed by atoms with Crippen LogP contribution < -0.4 is 0 Å². The van der Waals surface area contributed by atoms with E-state index in [1.807, 2.05) is 0 Å². The first-order valence-electron chi connectivity index (χ1n) is 29.4. The van der Waals surface area contributed by atoms with Crippen LogP contribution in [0, 0.1) is 0 Å². The highest BCUT2D eigenvalue weighted by Gasteiger charge is 2.19. The van der Waals surface area contributed by atoms with Crippen LogP contribution in [0.2, 0.25) is 0 Å². The van der Waals surface area contributed by atoms with Crippen molar-refractivity contribution in [2.75, 3.05) is 13.2 Å². The van der Waals surface area contributed by atoms with E-state index >= 15 is 0 Å². The van der Waals surface area contributed by atoms with Gasteiger partial charge in [0.1, 0.15) is 13.2 Å². The molecule has 0 aliphatic heterocycles. The van der Waals surface area contributed by atoms with Crippen molar-refractivity contribution in [2.45, 2.75) is 271 Å². The monoisotopic (exact) mass is 985 g/mol. The summed E-state index contributed by atoms with van der Waals surface area (Å²) in [5, 5.41) is 0. The van der Waals surface area contributed by atoms with Crippen molar-refractivity contribution in [3.63, 3.8) is 0 Å². The lowest BCUT2D eigenvalue weighted by Crippen LogP contribution is -2.30. The molecule has 0 bridgehead atoms. The molecule has 0 aliphatic rings. The molecule has 1 atom stereocenters. The second-order valence-corrected chi connectivity index (χ2v) is 19.1. The molecule has 0 aliphatic carbocycles. The van der Waals surface area contributed by atoms with Crippen LogP contribution in [0.3, 0.4) is 0 Å². The zero-order valence-electron chi connectivity index (χ0n) is 46.2. The maximum Gasteiger partial charge on any atom is 0.306 e. The first-order chi connectivity index (χ1) is 35.0. The smallest absolute Gasteiger partial charge is 0.306 e. The molecule has 0 amide bonds. The van der Waals surface area contributed by atoms with Gasteiger partial charge in [-0.1, -0.05) is 233 Å². The van der Waals surface area contributed by atoms with Gasteiger partial charge in [0, 0.05) is 19.3 Å². The van der Waals surface area contributed by atoms with Gasteiger partial charge >= 0.3 is 17.9 Å². The van der Waals surface area contributed by atoms with E-state index in [1.54, 1.807) is 0 Å². The van der Waals surface area contributed by atoms with Crippen LogP contribution in [0.25, 0.3) is 0 Å². The largest absolute Gasteiger partial charge is 0.462 e. The van der Waals surface area contributed by atoms with E-state index in [0.29, 0.717) is 19.3 Å². The Morgan fingerprint density at radius 1 is 0.296 bits per heavy atom. The van der Waals surface area contributed by atoms with Crippen molar-refractivity contribution in [3.8, 4) is 0 Å². The molecular weight excluding hydrogens is 877 g/mol. The molecular formula is C65H108O6. The van der Waals surface area contributed by atoms with E-state index < -0.39 is 6.10 Å². The summed E-state index contributed by atoms with van der Waals surface area (Å²) in [6, 6.07) is 0. The predicted molar refractivity (Wildman–Crippen MR) is 307 cm³/mol. The van der Waals surface area contributed by atoms with E-state index in [-0.39, 0.29) is 31.1 Å². The summed E-state index contributed by atoms with van der Waals surface area (Å²) in [6.45, 7) is 6.36. The van der Waals surface area contributed by atoms with Crippen LogP contribution in [-0.2, 0) is 28.6 Å². The van der Waals surface area contributed by atoms with E-state index in [9.17, 15) is 14.4 Å². The van der Waals surface area contributed by atoms with E-state index in [4.69, 9.17) is 14.2 Å². The molecule has 0 aromatic heterocycles. The fourth-order valence-corrected chi connectivity index (χ4v) is 7.89. The van der Waals surface area contributed by atoms with Gasteiger partial charge in [-0.05, 0) is 122 Å². The zero-order chi connectivity index (χ0) is 51.4. The Labute approximate surface area is 438 Å². The zero-order valence-corrected chi connectivity index (χ0v) is 46.2. The minimum Gasteiger partial charge on any atom is -0.462 e. The summed E-state index contributed by atoms with van der Waals surface area (Å²) in [4.78, 5) is 38.2. The molecule has 1 unspecified atom stereocenters. The minimum absolute atomic E-state index is 0.0941. The summed E-state index contributed by atoms with van der Waals surface area (Å²) in [7, 11) is 0. The third kappa shape index (κ3) is 56.9. The van der Waals surface area contributed by atoms with Crippen LogP contribution >= 0.6 is 0 Å². The van der Waals surface area contributed by atoms with E-state index in [0.717, 1.165) is 122 Å². The molecule has 0 saturated carbocycles. The molecule has 0 saturated heterocycles. The number of rotatable bonds is 52. The number of carbonyl (C=O) groups is 3. The highest BCUT2D eigenvalue weighted by molar-refractivity contribution is 5.71. The third-order valence-corrected chi connectivity index (χ3v) is 12.2. The highest BCUT2D eigenvalue weighted by Crippen LogP contribution is 2.15. The van der Waals surface area contributed by atoms with Gasteiger partial charge in [0.2, 0.25) is 0 Å². The molecule has 0 aromatic rings. The quantitative estimate of drug-likeness (QED) is 0.0261. The Balaban J connectivity index is 4.38. The van der Waals surface area contributed by atoms with Crippen molar-refractivity contribution in [1.82, 2.24) is 0 Å². The lowest BCUT2D eigenvalue weighted by Gasteiger charge is -2.18. The number of unbranched alkanes of at least 4 members (excludes halogenated alkanes) is 23. The number of allylic oxidation sites excluding steroid dienone is 18. The molecule has 0 aromatic carbocycles. The number of hydrogen-bond acceptors (Lipinski definition) is 6. The van der Waals surface area contributed by atoms with Crippen LogP contribution in [-0.4, -0.2) is 37.2 Å². The highest BCUT2D eigenvalue weighted by atomic mass is 16.6. The molecule has 0 spiro atoms. The second-order valence-electron chi connectivity index (χ2n) is 19.1. The Kier molecular flexibility index (Phi) is 55.4. The molecule has 0 N–H and O–H groups in total. The van der Waals surface area contributed by atoms with Crippen molar-refractivity contribution in [2.24, 2.45) is 0 Å². The van der Waals surface area contributed by atoms with Crippen molar-refractivity contribution < 1.29 is 28.6 Å². The van der Waals surface area contributed by atoms with Crippen LogP contribution in [0.5, 0.6) is 0 Å². The number of ether oxygens (including phenoxy) is 3. The predicted octanol–water partition coefficient (Wildman–Crippen LogP) is 19.9. The van der Waals surface area contributed by atoms with Crippen LogP contribution in [0.1, 0.15) is 265 Å². The summed E-state index contributed by atoms with van der Waals surface area (Å²) in [5.74, 6) is -0.934. The summed E-state index contributed by atoms with van der Waals surface area (Å²) < 4.78 is 16.8. The van der Waals surface area contributed by atoms with E-state index in [2.05, 4.69) is 130 Å². The third-order valence-electron chi connectivity index (χ3n) is 12.2. The van der Waals surface area contributed by atoms with Gasteiger partial charge in [-0.2, -0.15) is 0 Å². The van der Waals surface area contributed by atoms with Gasteiger partial charge in [0.25, 0.3) is 0 Å². The number of esters is 3. The fraction of sp³-hybridized carbons (Fsp3) is 0.677. The lowest BCUT2D eigenvalue weighted by molar-refractivity contribution is -0.167. The normalized spacial score (nSPS) is 12.9. The van der Waals surface area contributed by atoms with Gasteiger partial charge in [-0.25, -0.2) is 0 Å². The van der Waals surface area contributed by atoms with Crippen LogP contribution in [0.15, 0.2) is 109 Å². The van der Waals surface area contributed by atoms with Gasteiger partial charge in [-0.3, -0.25) is 14.4 Å². The standard InChI is InChI=1S/C65H108O6/c1-4-7-10-13-16-19-22-25-27-29-30-31-32-33-34-36-37-40-43-46-49-52-55-58-64(67)70-61-62(60-69-63(66)57-54-51-48-45-42-39-24-21-18-15-12-9-6-3)71-65(68)59-56-53-50-47-44-41-38-35-28-26-23-20-17-14-11-8-5-2/h7,9-10,12,16-21,25-28,30-31,39,42,62H,4-6,8,11,13-15,22-24,29,32-38,40-41,43-61H2,1-3H3/b10-7-,12-9-,19-16-,20-17-,21-18-,27-25-,28-26-,31-30-,42-39-. The Morgan fingerprint density at radius 2 is 0.549 bits per heavy atom. The van der Waals surface area contributed by atoms with E-state index in [1.165, 1.54) is 103 Å². The average Bonchev–Trinajstić information content (AvgIpc) is 3.37. The molecule has 0 fully saturated rings. The number of carbonyl (C=O) groups excluding carboxylic acids is 3. The molecule has 6 nitrogen and oxygen atoms in total. The topological polar surface area (TPSA) is 78.9 Å². The van der Waals surface area contributed by atoms with Crippen LogP contribution in [0.4, 0.5) is 0 Å². The fourth-order valence-electron chi connectivity index (χ4n) is 7.89. The maximum atomic E-state index is 12.9. The first-order valence-corrected chi connectivity index (χ1v) is 29.4. The molecule has 404 valence electrons. The first kappa shape index (κ1) is 67.1. The van der Waals surface area contributed by atoms with Gasteiger partial charge in [0.05, 0.1) is 0 Å². The lowest BCUT2D eigenvalue weighted by atomic mass is 10.1. The molecule has 0 radical (unpaired) electrons. The average molecular weight is 986 g/mol. The molecule has 0 heterocycles. The summed E-state index contributed by atoms with van der Waals surface area (Å²) in [6.07, 6.45) is 79.4. The van der Waals surface area contributed by atoms with Crippen molar-refractivity contribution in [3.05, 3.63) is 109 Å². The summed E-state index contributed by atoms with van der Waals surface area (Å²) in [5.41, 5.74) is 0. The number of hydrogen-bond donors (Lipinski definition) is 0. The van der Waals surface area contributed by atoms with Gasteiger partial charge < -0.3 is 14.2 Å². The van der Waals surface area contributed by atoms with Gasteiger partial charge in [0.15, 0.2) is 6.10 Å². The Hall–Kier alpha value is -3.93. The molecule has 71 heavy (non-hydrogen) atoms. The maximum absolute atomic E-state index is 12.9. The second kappa shape index (κ2) is 58.6. The van der Waals surface area contributed by atoms with Crippen molar-refractivity contribution in [1.29, 1.82) is 0 Å². The Morgan fingerprint density at radius 3 is 0.873 bits per heavy atom. The van der Waals surface area contributed by atoms with Crippen molar-refractivity contribution >= 4 is 17.9 Å². The summed E-state index contributed by atoms with van der Waals surface area (Å²) >= 11 is 0. The molecule has 0 rings (SSSR count). The van der Waals surface area contributed by atoms with Gasteiger partial charge in [-0.15, -0.1) is 0 Å². The minimum atomic E-state index is -0.798. The Bertz CT molecular complexity index is 1460. The molecule has 6 heteroatoms. The SMILES string of the molecule is CC/C=C\C/C=C\C/C=C\C/C=C\CCCCCCCCCCCCC(=O)OCC(COC(=O)CCCCC/C=C\C/C=C\C/C=C\CC)OC(=O)CCCCCCCCC/C=C\C/C=C\CCCCC.